The summed E-state index contributed by atoms with van der Waals surface area (Å²) in [5, 5.41) is 2.50. The van der Waals surface area contributed by atoms with Gasteiger partial charge in [0.05, 0.1) is 0 Å². The van der Waals surface area contributed by atoms with Gasteiger partial charge >= 0.3 is 0 Å². The summed E-state index contributed by atoms with van der Waals surface area (Å²) in [7, 11) is 0. The molecule has 2 aromatic rings. The lowest BCUT2D eigenvalue weighted by atomic mass is 9.97. The van der Waals surface area contributed by atoms with E-state index < -0.39 is 0 Å². The Bertz CT molecular complexity index is 709. The maximum atomic E-state index is 13.0. The summed E-state index contributed by atoms with van der Waals surface area (Å²) in [4.78, 5) is 15.1. The second-order valence-corrected chi connectivity index (χ2v) is 6.46. The maximum absolute atomic E-state index is 13.0. The molecule has 2 heteroatoms. The highest BCUT2D eigenvalue weighted by Crippen LogP contribution is 2.33. The van der Waals surface area contributed by atoms with Crippen molar-refractivity contribution in [3.63, 3.8) is 0 Å². The number of carbonyl (C=O) groups is 1. The van der Waals surface area contributed by atoms with Crippen LogP contribution in [-0.4, -0.2) is 23.4 Å². The van der Waals surface area contributed by atoms with E-state index in [1.807, 2.05) is 0 Å². The van der Waals surface area contributed by atoms with Gasteiger partial charge in [-0.3, -0.25) is 4.79 Å². The van der Waals surface area contributed by atoms with Crippen LogP contribution in [-0.2, 0) is 12.8 Å². The molecule has 1 aliphatic heterocycles. The number of piperidine rings is 1. The molecule has 2 aliphatic rings. The molecule has 1 amide bonds. The highest BCUT2D eigenvalue weighted by molar-refractivity contribution is 6.09. The molecule has 1 saturated heterocycles. The molecule has 0 N–H and O–H groups in total. The average Bonchev–Trinajstić information content (AvgIpc) is 2.93. The minimum Gasteiger partial charge on any atom is -0.336 e. The standard InChI is InChI=1S/C19H21NO/c1-13-5-2-3-12-20(13)19(21)17-11-10-15-9-8-14-6-4-7-16(17)18(14)15/h4,6-7,10-11,13H,2-3,5,8-9,12H2,1H3. The van der Waals surface area contributed by atoms with Crippen molar-refractivity contribution in [2.75, 3.05) is 6.54 Å². The zero-order valence-electron chi connectivity index (χ0n) is 12.6. The summed E-state index contributed by atoms with van der Waals surface area (Å²) in [5.41, 5.74) is 3.71. The zero-order chi connectivity index (χ0) is 14.4. The zero-order valence-corrected chi connectivity index (χ0v) is 12.6. The first-order valence-electron chi connectivity index (χ1n) is 8.10. The van der Waals surface area contributed by atoms with Gasteiger partial charge in [0.25, 0.3) is 5.91 Å². The Labute approximate surface area is 125 Å². The lowest BCUT2D eigenvalue weighted by Crippen LogP contribution is -2.42. The fraction of sp³-hybridized carbons (Fsp3) is 0.421. The summed E-state index contributed by atoms with van der Waals surface area (Å²) in [6.45, 7) is 3.08. The number of benzene rings is 2. The quantitative estimate of drug-likeness (QED) is 0.774. The molecular weight excluding hydrogens is 258 g/mol. The third-order valence-electron chi connectivity index (χ3n) is 5.17. The number of amides is 1. The van der Waals surface area contributed by atoms with Gasteiger partial charge in [0.15, 0.2) is 0 Å². The topological polar surface area (TPSA) is 20.3 Å². The van der Waals surface area contributed by atoms with Crippen molar-refractivity contribution in [1.29, 1.82) is 0 Å². The van der Waals surface area contributed by atoms with E-state index in [2.05, 4.69) is 42.2 Å². The molecule has 2 aromatic carbocycles. The van der Waals surface area contributed by atoms with E-state index in [1.54, 1.807) is 0 Å². The van der Waals surface area contributed by atoms with E-state index in [1.165, 1.54) is 22.9 Å². The Balaban J connectivity index is 1.82. The molecule has 1 unspecified atom stereocenters. The summed E-state index contributed by atoms with van der Waals surface area (Å²) in [6.07, 6.45) is 5.74. The summed E-state index contributed by atoms with van der Waals surface area (Å²) >= 11 is 0. The number of hydrogen-bond acceptors (Lipinski definition) is 1. The van der Waals surface area contributed by atoms with Crippen molar-refractivity contribution in [2.45, 2.75) is 45.1 Å². The van der Waals surface area contributed by atoms with Crippen LogP contribution in [0.2, 0.25) is 0 Å². The van der Waals surface area contributed by atoms with Crippen LogP contribution in [0.15, 0.2) is 30.3 Å². The van der Waals surface area contributed by atoms with Crippen molar-refractivity contribution < 1.29 is 4.79 Å². The highest BCUT2D eigenvalue weighted by atomic mass is 16.2. The van der Waals surface area contributed by atoms with Gasteiger partial charge in [-0.05, 0) is 67.0 Å². The fourth-order valence-electron chi connectivity index (χ4n) is 3.99. The van der Waals surface area contributed by atoms with E-state index in [0.29, 0.717) is 6.04 Å². The van der Waals surface area contributed by atoms with Gasteiger partial charge in [0, 0.05) is 18.2 Å². The monoisotopic (exact) mass is 279 g/mol. The Kier molecular flexibility index (Phi) is 2.99. The van der Waals surface area contributed by atoms with E-state index in [-0.39, 0.29) is 5.91 Å². The van der Waals surface area contributed by atoms with Crippen LogP contribution in [0.5, 0.6) is 0 Å². The molecule has 21 heavy (non-hydrogen) atoms. The second-order valence-electron chi connectivity index (χ2n) is 6.46. The lowest BCUT2D eigenvalue weighted by molar-refractivity contribution is 0.0637. The van der Waals surface area contributed by atoms with E-state index in [9.17, 15) is 4.79 Å². The normalized spacial score (nSPS) is 21.0. The first kappa shape index (κ1) is 12.9. The number of rotatable bonds is 1. The van der Waals surface area contributed by atoms with Crippen molar-refractivity contribution in [1.82, 2.24) is 4.90 Å². The van der Waals surface area contributed by atoms with Gasteiger partial charge in [0.1, 0.15) is 0 Å². The van der Waals surface area contributed by atoms with Crippen molar-refractivity contribution in [3.05, 3.63) is 47.0 Å². The Hall–Kier alpha value is -1.83. The number of carbonyl (C=O) groups excluding carboxylic acids is 1. The smallest absolute Gasteiger partial charge is 0.254 e. The third kappa shape index (κ3) is 1.97. The van der Waals surface area contributed by atoms with Gasteiger partial charge in [0.2, 0.25) is 0 Å². The summed E-state index contributed by atoms with van der Waals surface area (Å²) in [6, 6.07) is 11.0. The molecule has 1 fully saturated rings. The van der Waals surface area contributed by atoms with Crippen molar-refractivity contribution in [3.8, 4) is 0 Å². The van der Waals surface area contributed by atoms with E-state index >= 15 is 0 Å². The van der Waals surface area contributed by atoms with Crippen LogP contribution < -0.4 is 0 Å². The molecule has 1 heterocycles. The lowest BCUT2D eigenvalue weighted by Gasteiger charge is -2.33. The summed E-state index contributed by atoms with van der Waals surface area (Å²) < 4.78 is 0. The molecule has 0 aromatic heterocycles. The van der Waals surface area contributed by atoms with Gasteiger partial charge in [-0.25, -0.2) is 0 Å². The Morgan fingerprint density at radius 3 is 2.71 bits per heavy atom. The van der Waals surface area contributed by atoms with Gasteiger partial charge in [-0.2, -0.15) is 0 Å². The first-order valence-corrected chi connectivity index (χ1v) is 8.10. The predicted molar refractivity (Wildman–Crippen MR) is 85.7 cm³/mol. The minimum absolute atomic E-state index is 0.220. The van der Waals surface area contributed by atoms with Crippen LogP contribution >= 0.6 is 0 Å². The van der Waals surface area contributed by atoms with E-state index in [4.69, 9.17) is 0 Å². The molecule has 4 rings (SSSR count). The Morgan fingerprint density at radius 2 is 1.90 bits per heavy atom. The number of nitrogens with zero attached hydrogens (tertiary/aromatic N) is 1. The number of hydrogen-bond donors (Lipinski definition) is 0. The molecule has 0 saturated carbocycles. The predicted octanol–water partition coefficient (Wildman–Crippen LogP) is 3.95. The largest absolute Gasteiger partial charge is 0.336 e. The average molecular weight is 279 g/mol. The highest BCUT2D eigenvalue weighted by Gasteiger charge is 2.26. The molecular formula is C19H21NO. The van der Waals surface area contributed by atoms with Gasteiger partial charge in [-0.15, -0.1) is 0 Å². The number of likely N-dealkylation sites (tertiary alicyclic amines) is 1. The number of aryl methyl sites for hydroxylation is 2. The molecule has 0 spiro atoms. The van der Waals surface area contributed by atoms with E-state index in [0.717, 1.165) is 43.2 Å². The molecule has 1 aliphatic carbocycles. The van der Waals surface area contributed by atoms with Crippen molar-refractivity contribution in [2.24, 2.45) is 0 Å². The Morgan fingerprint density at radius 1 is 1.10 bits per heavy atom. The summed E-state index contributed by atoms with van der Waals surface area (Å²) in [5.74, 6) is 0.220. The molecule has 2 nitrogen and oxygen atoms in total. The fourth-order valence-corrected chi connectivity index (χ4v) is 3.99. The first-order chi connectivity index (χ1) is 10.3. The van der Waals surface area contributed by atoms with Crippen LogP contribution in [0.1, 0.15) is 47.7 Å². The second kappa shape index (κ2) is 4.87. The van der Waals surface area contributed by atoms with Crippen LogP contribution in [0, 0.1) is 0 Å². The van der Waals surface area contributed by atoms with Crippen LogP contribution in [0.3, 0.4) is 0 Å². The van der Waals surface area contributed by atoms with Crippen LogP contribution in [0.25, 0.3) is 10.8 Å². The van der Waals surface area contributed by atoms with Gasteiger partial charge in [-0.1, -0.05) is 24.3 Å². The molecule has 0 radical (unpaired) electrons. The van der Waals surface area contributed by atoms with Crippen LogP contribution in [0.4, 0.5) is 0 Å². The SMILES string of the molecule is CC1CCCCN1C(=O)c1ccc2c3c(cccc13)CC2. The van der Waals surface area contributed by atoms with Crippen molar-refractivity contribution >= 4 is 16.7 Å². The minimum atomic E-state index is 0.220. The molecule has 108 valence electrons. The molecule has 0 bridgehead atoms. The van der Waals surface area contributed by atoms with Gasteiger partial charge < -0.3 is 4.90 Å². The third-order valence-corrected chi connectivity index (χ3v) is 5.17. The maximum Gasteiger partial charge on any atom is 0.254 e. The molecule has 1 atom stereocenters.